The number of nitrogens with zero attached hydrogens (tertiary/aromatic N) is 3. The second-order valence-corrected chi connectivity index (χ2v) is 8.19. The number of urea groups is 1. The predicted octanol–water partition coefficient (Wildman–Crippen LogP) is 4.88. The van der Waals surface area contributed by atoms with E-state index in [1.165, 1.54) is 11.3 Å². The molecule has 3 rings (SSSR count). The highest BCUT2D eigenvalue weighted by Crippen LogP contribution is 2.31. The van der Waals surface area contributed by atoms with Crippen molar-refractivity contribution in [3.63, 3.8) is 0 Å². The molecule has 2 heterocycles. The van der Waals surface area contributed by atoms with Gasteiger partial charge in [-0.2, -0.15) is 13.2 Å². The molecule has 0 bridgehead atoms. The van der Waals surface area contributed by atoms with E-state index in [-0.39, 0.29) is 24.6 Å². The highest BCUT2D eigenvalue weighted by Gasteiger charge is 2.32. The van der Waals surface area contributed by atoms with Gasteiger partial charge in [-0.05, 0) is 50.1 Å². The Labute approximate surface area is 181 Å². The Morgan fingerprint density at radius 3 is 2.68 bits per heavy atom. The molecular formula is C20H21F3N6OS. The van der Waals surface area contributed by atoms with E-state index in [0.717, 1.165) is 33.3 Å². The van der Waals surface area contributed by atoms with E-state index in [4.69, 9.17) is 0 Å². The number of alkyl halides is 3. The monoisotopic (exact) mass is 450 g/mol. The molecule has 3 N–H and O–H groups in total. The number of amides is 2. The maximum Gasteiger partial charge on any atom is 0.433 e. The Hall–Kier alpha value is -3.21. The lowest BCUT2D eigenvalue weighted by Crippen LogP contribution is -2.38. The lowest BCUT2D eigenvalue weighted by atomic mass is 10.1. The van der Waals surface area contributed by atoms with Crippen LogP contribution in [-0.4, -0.2) is 27.0 Å². The zero-order valence-corrected chi connectivity index (χ0v) is 17.9. The first-order valence-corrected chi connectivity index (χ1v) is 10.2. The predicted molar refractivity (Wildman–Crippen MR) is 113 cm³/mol. The summed E-state index contributed by atoms with van der Waals surface area (Å²) in [6.07, 6.45) is -1.79. The number of carbonyl (C=O) groups excluding carboxylic acids is 1. The molecule has 2 amide bonds. The molecule has 0 aliphatic carbocycles. The number of nitrogens with one attached hydrogen (secondary N) is 3. The van der Waals surface area contributed by atoms with E-state index in [1.807, 2.05) is 26.8 Å². The van der Waals surface area contributed by atoms with Gasteiger partial charge in [-0.15, -0.1) is 11.3 Å². The average molecular weight is 450 g/mol. The highest BCUT2D eigenvalue weighted by atomic mass is 32.1. The van der Waals surface area contributed by atoms with Crippen LogP contribution in [0.2, 0.25) is 0 Å². The molecule has 0 unspecified atom stereocenters. The molecule has 1 aromatic carbocycles. The number of halogens is 3. The first kappa shape index (κ1) is 22.5. The van der Waals surface area contributed by atoms with Gasteiger partial charge in [-0.3, -0.25) is 0 Å². The van der Waals surface area contributed by atoms with Gasteiger partial charge in [0.2, 0.25) is 5.95 Å². The van der Waals surface area contributed by atoms with Crippen LogP contribution < -0.4 is 16.0 Å². The molecule has 0 aliphatic heterocycles. The molecule has 2 aromatic heterocycles. The molecule has 11 heteroatoms. The van der Waals surface area contributed by atoms with Gasteiger partial charge in [-0.25, -0.2) is 19.7 Å². The number of anilines is 2. The van der Waals surface area contributed by atoms with Gasteiger partial charge in [0, 0.05) is 24.1 Å². The quantitative estimate of drug-likeness (QED) is 0.498. The first-order valence-electron chi connectivity index (χ1n) is 9.38. The number of carbonyl (C=O) groups is 1. The summed E-state index contributed by atoms with van der Waals surface area (Å²) >= 11 is 1.41. The molecule has 164 valence electrons. The number of aromatic nitrogens is 3. The van der Waals surface area contributed by atoms with Crippen molar-refractivity contribution in [1.29, 1.82) is 0 Å². The van der Waals surface area contributed by atoms with Gasteiger partial charge in [0.15, 0.2) is 0 Å². The normalized spacial score (nSPS) is 11.5. The largest absolute Gasteiger partial charge is 0.433 e. The van der Waals surface area contributed by atoms with E-state index in [0.29, 0.717) is 5.69 Å². The standard InChI is InChI=1S/C20H21F3N6OS/c1-11(2)27-19(30)26-10-17-25-9-15(31-17)13-6-12(3)7-14(8-13)28-18-24-5-4-16(29-18)20(21,22)23/h4-9,11H,10H2,1-3H3,(H,24,28,29)(H2,26,27,30). The summed E-state index contributed by atoms with van der Waals surface area (Å²) in [6, 6.07) is 6.09. The molecule has 0 saturated carbocycles. The number of hydrogen-bond donors (Lipinski definition) is 3. The van der Waals surface area contributed by atoms with Crippen molar-refractivity contribution in [2.45, 2.75) is 39.5 Å². The molecule has 7 nitrogen and oxygen atoms in total. The van der Waals surface area contributed by atoms with Gasteiger partial charge in [0.05, 0.1) is 11.4 Å². The average Bonchev–Trinajstić information content (AvgIpc) is 3.14. The van der Waals surface area contributed by atoms with Crippen LogP contribution in [0.4, 0.5) is 29.6 Å². The van der Waals surface area contributed by atoms with Crippen molar-refractivity contribution in [3.8, 4) is 10.4 Å². The second-order valence-electron chi connectivity index (χ2n) is 7.08. The van der Waals surface area contributed by atoms with Gasteiger partial charge in [0.25, 0.3) is 0 Å². The van der Waals surface area contributed by atoms with Crippen molar-refractivity contribution in [3.05, 3.63) is 52.9 Å². The van der Waals surface area contributed by atoms with Crippen LogP contribution in [0.3, 0.4) is 0 Å². The third kappa shape index (κ3) is 6.38. The molecule has 3 aromatic rings. The number of rotatable bonds is 6. The molecule has 0 saturated heterocycles. The SMILES string of the molecule is Cc1cc(Nc2nccc(C(F)(F)F)n2)cc(-c2cnc(CNC(=O)NC(C)C)s2)c1. The third-order valence-corrected chi connectivity index (χ3v) is 4.98. The number of hydrogen-bond acceptors (Lipinski definition) is 6. The van der Waals surface area contributed by atoms with Gasteiger partial charge >= 0.3 is 12.2 Å². The molecule has 0 radical (unpaired) electrons. The highest BCUT2D eigenvalue weighted by molar-refractivity contribution is 7.15. The summed E-state index contributed by atoms with van der Waals surface area (Å²) in [5, 5.41) is 9.04. The fourth-order valence-electron chi connectivity index (χ4n) is 2.70. The maximum absolute atomic E-state index is 12.9. The zero-order chi connectivity index (χ0) is 22.6. The summed E-state index contributed by atoms with van der Waals surface area (Å²) in [5.74, 6) is -0.142. The Morgan fingerprint density at radius 1 is 1.19 bits per heavy atom. The molecule has 0 atom stereocenters. The van der Waals surface area contributed by atoms with E-state index in [9.17, 15) is 18.0 Å². The van der Waals surface area contributed by atoms with Crippen LogP contribution in [0, 0.1) is 6.92 Å². The van der Waals surface area contributed by atoms with Gasteiger partial charge < -0.3 is 16.0 Å². The smallest absolute Gasteiger partial charge is 0.336 e. The molecule has 0 spiro atoms. The van der Waals surface area contributed by atoms with Crippen LogP contribution in [-0.2, 0) is 12.7 Å². The van der Waals surface area contributed by atoms with E-state index in [2.05, 4.69) is 30.9 Å². The number of thiazole rings is 1. The summed E-state index contributed by atoms with van der Waals surface area (Å²) in [4.78, 5) is 24.3. The topological polar surface area (TPSA) is 91.8 Å². The van der Waals surface area contributed by atoms with E-state index in [1.54, 1.807) is 18.3 Å². The third-order valence-electron chi connectivity index (χ3n) is 3.94. The minimum absolute atomic E-state index is 0.0332. The Bertz CT molecular complexity index is 1070. The zero-order valence-electron chi connectivity index (χ0n) is 17.0. The molecular weight excluding hydrogens is 429 g/mol. The number of aryl methyl sites for hydroxylation is 1. The molecule has 0 fully saturated rings. The fourth-order valence-corrected chi connectivity index (χ4v) is 3.54. The lowest BCUT2D eigenvalue weighted by molar-refractivity contribution is -0.141. The Kier molecular flexibility index (Phi) is 6.74. The van der Waals surface area contributed by atoms with Crippen LogP contribution in [0.1, 0.15) is 30.1 Å². The summed E-state index contributed by atoms with van der Waals surface area (Å²) in [5.41, 5.74) is 1.28. The van der Waals surface area contributed by atoms with E-state index < -0.39 is 11.9 Å². The van der Waals surface area contributed by atoms with Crippen LogP contribution in [0.25, 0.3) is 10.4 Å². The summed E-state index contributed by atoms with van der Waals surface area (Å²) in [7, 11) is 0. The molecule has 0 aliphatic rings. The Morgan fingerprint density at radius 2 is 1.97 bits per heavy atom. The van der Waals surface area contributed by atoms with Crippen molar-refractivity contribution in [2.75, 3.05) is 5.32 Å². The summed E-state index contributed by atoms with van der Waals surface area (Å²) in [6.45, 7) is 5.91. The fraction of sp³-hybridized carbons (Fsp3) is 0.300. The van der Waals surface area contributed by atoms with Crippen LogP contribution in [0.15, 0.2) is 36.7 Å². The van der Waals surface area contributed by atoms with E-state index >= 15 is 0 Å². The van der Waals surface area contributed by atoms with Crippen LogP contribution in [0.5, 0.6) is 0 Å². The van der Waals surface area contributed by atoms with Crippen molar-refractivity contribution in [2.24, 2.45) is 0 Å². The maximum atomic E-state index is 12.9. The first-order chi connectivity index (χ1) is 14.6. The van der Waals surface area contributed by atoms with Crippen LogP contribution >= 0.6 is 11.3 Å². The second kappa shape index (κ2) is 9.29. The number of benzene rings is 1. The Balaban J connectivity index is 1.75. The van der Waals surface area contributed by atoms with Crippen molar-refractivity contribution < 1.29 is 18.0 Å². The van der Waals surface area contributed by atoms with Crippen molar-refractivity contribution in [1.82, 2.24) is 25.6 Å². The van der Waals surface area contributed by atoms with Crippen molar-refractivity contribution >= 4 is 29.0 Å². The minimum atomic E-state index is -4.55. The van der Waals surface area contributed by atoms with Gasteiger partial charge in [-0.1, -0.05) is 6.07 Å². The lowest BCUT2D eigenvalue weighted by Gasteiger charge is -2.10. The summed E-state index contributed by atoms with van der Waals surface area (Å²) < 4.78 is 38.6. The minimum Gasteiger partial charge on any atom is -0.336 e. The van der Waals surface area contributed by atoms with Gasteiger partial charge in [0.1, 0.15) is 10.7 Å². The molecule has 31 heavy (non-hydrogen) atoms.